The lowest BCUT2D eigenvalue weighted by molar-refractivity contribution is -0.384. The zero-order valence-corrected chi connectivity index (χ0v) is 11.4. The topological polar surface area (TPSA) is 110 Å². The fraction of sp³-hybridized carbons (Fsp3) is 0.462. The third-order valence-corrected chi connectivity index (χ3v) is 2.98. The second-order valence-corrected chi connectivity index (χ2v) is 4.51. The van der Waals surface area contributed by atoms with Crippen molar-refractivity contribution in [1.29, 1.82) is 0 Å². The van der Waals surface area contributed by atoms with Gasteiger partial charge in [-0.25, -0.2) is 0 Å². The molecular weight excluding hydrogens is 262 g/mol. The lowest BCUT2D eigenvalue weighted by Gasteiger charge is -2.17. The van der Waals surface area contributed by atoms with Crippen molar-refractivity contribution in [1.82, 2.24) is 4.90 Å². The molecule has 1 aromatic rings. The molecule has 0 bridgehead atoms. The van der Waals surface area contributed by atoms with Gasteiger partial charge in [-0.05, 0) is 31.4 Å². The van der Waals surface area contributed by atoms with Crippen LogP contribution < -0.4 is 5.73 Å². The van der Waals surface area contributed by atoms with Crippen LogP contribution in [0.25, 0.3) is 0 Å². The quantitative estimate of drug-likeness (QED) is 0.340. The number of nitrogen functional groups attached to an aromatic ring is 1. The van der Waals surface area contributed by atoms with Crippen LogP contribution in [-0.2, 0) is 0 Å². The zero-order chi connectivity index (χ0) is 15.1. The van der Waals surface area contributed by atoms with Crippen molar-refractivity contribution >= 4 is 17.3 Å². The van der Waals surface area contributed by atoms with Crippen LogP contribution in [0.4, 0.5) is 11.4 Å². The van der Waals surface area contributed by atoms with Gasteiger partial charge in [0.1, 0.15) is 11.3 Å². The third-order valence-electron chi connectivity index (χ3n) is 2.98. The molecule has 7 heteroatoms. The van der Waals surface area contributed by atoms with Crippen LogP contribution in [0.15, 0.2) is 18.2 Å². The van der Waals surface area contributed by atoms with Crippen molar-refractivity contribution in [2.24, 2.45) is 0 Å². The number of nitrogens with two attached hydrogens (primary N) is 1. The number of benzene rings is 1. The average molecular weight is 281 g/mol. The fourth-order valence-corrected chi connectivity index (χ4v) is 1.88. The lowest BCUT2D eigenvalue weighted by atomic mass is 10.1. The van der Waals surface area contributed by atoms with E-state index in [2.05, 4.69) is 0 Å². The lowest BCUT2D eigenvalue weighted by Crippen LogP contribution is -2.28. The van der Waals surface area contributed by atoms with Gasteiger partial charge in [0.25, 0.3) is 5.91 Å². The van der Waals surface area contributed by atoms with Crippen LogP contribution in [0.3, 0.4) is 0 Å². The monoisotopic (exact) mass is 281 g/mol. The molecule has 0 heterocycles. The molecule has 1 rings (SSSR count). The molecule has 0 aromatic heterocycles. The molecule has 3 N–H and O–H groups in total. The minimum Gasteiger partial charge on any atom is -0.396 e. The van der Waals surface area contributed by atoms with Crippen LogP contribution in [0.1, 0.15) is 29.6 Å². The molecule has 0 aliphatic rings. The van der Waals surface area contributed by atoms with Crippen molar-refractivity contribution in [2.45, 2.75) is 19.3 Å². The number of unbranched alkanes of at least 4 members (excludes halogenated alkanes) is 2. The number of aliphatic hydroxyl groups excluding tert-OH is 1. The largest absolute Gasteiger partial charge is 0.396 e. The highest BCUT2D eigenvalue weighted by molar-refractivity contribution is 6.00. The number of nitro benzene ring substituents is 1. The summed E-state index contributed by atoms with van der Waals surface area (Å²) in [4.78, 5) is 24.0. The summed E-state index contributed by atoms with van der Waals surface area (Å²) in [5.74, 6) is -0.423. The summed E-state index contributed by atoms with van der Waals surface area (Å²) < 4.78 is 0. The van der Waals surface area contributed by atoms with Crippen molar-refractivity contribution in [3.63, 3.8) is 0 Å². The number of para-hydroxylation sites is 1. The maximum Gasteiger partial charge on any atom is 0.304 e. The molecule has 0 saturated heterocycles. The molecule has 0 unspecified atom stereocenters. The Balaban J connectivity index is 2.81. The van der Waals surface area contributed by atoms with Crippen molar-refractivity contribution in [3.05, 3.63) is 33.9 Å². The highest BCUT2D eigenvalue weighted by Crippen LogP contribution is 2.26. The standard InChI is InChI=1S/C13H19N3O4/c1-15(8-3-2-4-9-17)13(18)10-6-5-7-11(14)12(10)16(19)20/h5-7,17H,2-4,8-9,14H2,1H3. The average Bonchev–Trinajstić information content (AvgIpc) is 2.41. The van der Waals surface area contributed by atoms with Gasteiger partial charge in [-0.15, -0.1) is 0 Å². The Bertz CT molecular complexity index is 491. The Hall–Kier alpha value is -2.15. The van der Waals surface area contributed by atoms with Crippen LogP contribution in [0.5, 0.6) is 0 Å². The first kappa shape index (κ1) is 15.9. The van der Waals surface area contributed by atoms with Crippen molar-refractivity contribution in [3.8, 4) is 0 Å². The summed E-state index contributed by atoms with van der Waals surface area (Å²) in [5, 5.41) is 19.7. The number of amides is 1. The first-order chi connectivity index (χ1) is 9.49. The molecule has 0 saturated carbocycles. The van der Waals surface area contributed by atoms with Gasteiger partial charge in [-0.3, -0.25) is 14.9 Å². The van der Waals surface area contributed by atoms with E-state index in [1.165, 1.54) is 23.1 Å². The number of hydrogen-bond donors (Lipinski definition) is 2. The summed E-state index contributed by atoms with van der Waals surface area (Å²) in [6.45, 7) is 0.600. The molecule has 0 atom stereocenters. The van der Waals surface area contributed by atoms with E-state index in [0.29, 0.717) is 13.0 Å². The highest BCUT2D eigenvalue weighted by atomic mass is 16.6. The molecule has 0 aliphatic heterocycles. The number of aliphatic hydroxyl groups is 1. The Morgan fingerprint density at radius 3 is 2.70 bits per heavy atom. The maximum absolute atomic E-state index is 12.2. The summed E-state index contributed by atoms with van der Waals surface area (Å²) in [7, 11) is 1.59. The third kappa shape index (κ3) is 3.92. The van der Waals surface area contributed by atoms with Gasteiger partial charge in [0, 0.05) is 20.2 Å². The first-order valence-corrected chi connectivity index (χ1v) is 6.38. The van der Waals surface area contributed by atoms with Crippen LogP contribution in [-0.4, -0.2) is 41.0 Å². The van der Waals surface area contributed by atoms with E-state index in [1.807, 2.05) is 0 Å². The number of rotatable bonds is 7. The second kappa shape index (κ2) is 7.44. The normalized spacial score (nSPS) is 10.3. The Labute approximate surface area is 117 Å². The summed E-state index contributed by atoms with van der Waals surface area (Å²) in [6, 6.07) is 4.33. The van der Waals surface area contributed by atoms with E-state index in [9.17, 15) is 14.9 Å². The zero-order valence-electron chi connectivity index (χ0n) is 11.4. The predicted molar refractivity (Wildman–Crippen MR) is 75.4 cm³/mol. The minimum absolute atomic E-state index is 0.000316. The van der Waals surface area contributed by atoms with Gasteiger partial charge in [0.2, 0.25) is 0 Å². The molecule has 0 fully saturated rings. The van der Waals surface area contributed by atoms with E-state index < -0.39 is 10.8 Å². The SMILES string of the molecule is CN(CCCCCO)C(=O)c1cccc(N)c1[N+](=O)[O-]. The van der Waals surface area contributed by atoms with Crippen molar-refractivity contribution < 1.29 is 14.8 Å². The van der Waals surface area contributed by atoms with Gasteiger partial charge in [-0.1, -0.05) is 6.07 Å². The smallest absolute Gasteiger partial charge is 0.304 e. The molecule has 7 nitrogen and oxygen atoms in total. The summed E-state index contributed by atoms with van der Waals surface area (Å²) in [6.07, 6.45) is 2.21. The van der Waals surface area contributed by atoms with E-state index >= 15 is 0 Å². The van der Waals surface area contributed by atoms with E-state index in [1.54, 1.807) is 7.05 Å². The molecule has 1 aromatic carbocycles. The van der Waals surface area contributed by atoms with Gasteiger partial charge in [-0.2, -0.15) is 0 Å². The minimum atomic E-state index is -0.637. The first-order valence-electron chi connectivity index (χ1n) is 6.38. The van der Waals surface area contributed by atoms with Crippen LogP contribution in [0.2, 0.25) is 0 Å². The predicted octanol–water partition coefficient (Wildman–Crippen LogP) is 1.41. The van der Waals surface area contributed by atoms with Gasteiger partial charge >= 0.3 is 5.69 Å². The molecule has 1 amide bonds. The second-order valence-electron chi connectivity index (χ2n) is 4.51. The number of hydrogen-bond acceptors (Lipinski definition) is 5. The maximum atomic E-state index is 12.2. The summed E-state index contributed by atoms with van der Waals surface area (Å²) in [5.41, 5.74) is 5.19. The summed E-state index contributed by atoms with van der Waals surface area (Å²) >= 11 is 0. The van der Waals surface area contributed by atoms with Gasteiger partial charge < -0.3 is 15.7 Å². The van der Waals surface area contributed by atoms with E-state index in [0.717, 1.165) is 12.8 Å². The highest BCUT2D eigenvalue weighted by Gasteiger charge is 2.25. The van der Waals surface area contributed by atoms with Gasteiger partial charge in [0.05, 0.1) is 4.92 Å². The number of carbonyl (C=O) groups is 1. The Morgan fingerprint density at radius 1 is 1.40 bits per heavy atom. The van der Waals surface area contributed by atoms with Crippen LogP contribution in [0, 0.1) is 10.1 Å². The van der Waals surface area contributed by atoms with E-state index in [-0.39, 0.29) is 23.5 Å². The number of nitrogens with zero attached hydrogens (tertiary/aromatic N) is 2. The molecule has 0 spiro atoms. The fourth-order valence-electron chi connectivity index (χ4n) is 1.88. The number of carbonyl (C=O) groups excluding carboxylic acids is 1. The number of anilines is 1. The Morgan fingerprint density at radius 2 is 2.10 bits per heavy atom. The Kier molecular flexibility index (Phi) is 5.92. The van der Waals surface area contributed by atoms with Gasteiger partial charge in [0.15, 0.2) is 0 Å². The molecule has 0 radical (unpaired) electrons. The van der Waals surface area contributed by atoms with E-state index in [4.69, 9.17) is 10.8 Å². The molecule has 110 valence electrons. The molecule has 0 aliphatic carbocycles. The molecule has 20 heavy (non-hydrogen) atoms. The van der Waals surface area contributed by atoms with Crippen molar-refractivity contribution in [2.75, 3.05) is 25.9 Å². The number of nitro groups is 1. The van der Waals surface area contributed by atoms with Crippen LogP contribution >= 0.6 is 0 Å². The molecular formula is C13H19N3O4.